The number of nitrogens with one attached hydrogen (secondary N) is 10. The van der Waals surface area contributed by atoms with Gasteiger partial charge in [-0.2, -0.15) is 0 Å². The van der Waals surface area contributed by atoms with Crippen molar-refractivity contribution >= 4 is 162 Å². The number of thioether (sulfide) groups is 1. The Hall–Kier alpha value is -12.2. The minimum Gasteiger partial charge on any atom is -0.508 e. The van der Waals surface area contributed by atoms with Crippen LogP contribution in [0.25, 0.3) is 16.3 Å². The monoisotopic (exact) mass is 2100 g/mol. The summed E-state index contributed by atoms with van der Waals surface area (Å²) in [6.07, 6.45) is -0.260. The molecule has 0 radical (unpaired) electrons. The number of phenols is 1. The molecule has 5 aliphatic heterocycles. The zero-order chi connectivity index (χ0) is 106. The molecule has 5 aromatic carbocycles. The number of methoxy groups -OCH3 is 2. The van der Waals surface area contributed by atoms with E-state index in [0.717, 1.165) is 76.2 Å². The van der Waals surface area contributed by atoms with Gasteiger partial charge in [-0.05, 0) is 141 Å². The van der Waals surface area contributed by atoms with E-state index < -0.39 is 214 Å². The number of phenolic OH excluding ortho intramolecular Hbond substituents is 1. The average molecular weight is 2100 g/mol. The van der Waals surface area contributed by atoms with Gasteiger partial charge in [-0.15, -0.1) is 11.8 Å². The highest BCUT2D eigenvalue weighted by atomic mass is 35.5. The smallest absolute Gasteiger partial charge is 0.409 e. The molecule has 0 aromatic heterocycles. The van der Waals surface area contributed by atoms with Crippen LogP contribution in [0.1, 0.15) is 140 Å². The fraction of sp³-hybridized carbons (Fsp3) is 0.510. The van der Waals surface area contributed by atoms with Gasteiger partial charge in [-0.25, -0.2) is 9.59 Å². The molecule has 1 unspecified atom stereocenters. The third kappa shape index (κ3) is 30.7. The predicted octanol–water partition coefficient (Wildman–Crippen LogP) is 3.98. The minimum absolute atomic E-state index is 0.00582. The van der Waals surface area contributed by atoms with Crippen LogP contribution in [0.2, 0.25) is 5.02 Å². The van der Waals surface area contributed by atoms with Crippen molar-refractivity contribution < 1.29 is 120 Å². The largest absolute Gasteiger partial charge is 0.508 e. The number of fused-ring (bicyclic) bond motifs is 7. The Kier molecular flexibility index (Phi) is 41.4. The molecule has 15 amide bonds. The SMILES string of the molecule is COc1cc2cc(c1Cl)N(C)C(=O)C[C@H](OC(=O)[C@H](C)N(C)C(=O)CCSC1CC(=O)N(CCC(=O)NCCOCCC(=O)N[C@H](Cc3ccc4ccccc4c3)C(=O)N[C@H]3CSSC[C@H](C(=O)N[C@H](C(N)=O)[C@@H](C)O)NC(=O)[C@H](C(C)C)NC(=O)[C@H](CCCCN)NC(=O)[C@@H](CC4=CCc5ccccc54)NC(=O)[C@H](Cc4ccc(O)cc4)NC3=O)C1=O)[C@]1(C)O[C@H]1[C@H](C)[C@@H]1C[C@@](O)(NC(=O)O1)[C@H](OC)/C=C/C=C(\C)C2. The van der Waals surface area contributed by atoms with Crippen LogP contribution in [0.15, 0.2) is 133 Å². The van der Waals surface area contributed by atoms with Gasteiger partial charge in [0, 0.05) is 109 Å². The first-order chi connectivity index (χ1) is 69.5. The van der Waals surface area contributed by atoms with Gasteiger partial charge in [0.1, 0.15) is 94.8 Å². The summed E-state index contributed by atoms with van der Waals surface area (Å²) in [5.74, 6) is -13.6. The normalized spacial score (nSPS) is 25.4. The molecule has 4 bridgehead atoms. The van der Waals surface area contributed by atoms with E-state index in [1.165, 1.54) is 71.3 Å². The average Bonchev–Trinajstić information content (AvgIpc) is 1.57. The molecule has 4 fully saturated rings. The molecule has 0 spiro atoms. The molecular formula is C102H132ClN15O25S3. The highest BCUT2D eigenvalue weighted by molar-refractivity contribution is 8.76. The van der Waals surface area contributed by atoms with Crippen LogP contribution < -0.4 is 74.3 Å². The number of allylic oxidation sites excluding steroid dienone is 4. The van der Waals surface area contributed by atoms with Gasteiger partial charge in [-0.3, -0.25) is 77.3 Å². The van der Waals surface area contributed by atoms with Crippen molar-refractivity contribution in [2.75, 3.05) is 83.3 Å². The second-order valence-corrected chi connectivity index (χ2v) is 42.0. The van der Waals surface area contributed by atoms with E-state index in [9.17, 15) is 72.9 Å². The zero-order valence-corrected chi connectivity index (χ0v) is 86.6. The molecular weight excluding hydrogens is 1970 g/mol. The van der Waals surface area contributed by atoms with Crippen molar-refractivity contribution in [3.63, 3.8) is 0 Å². The van der Waals surface area contributed by atoms with Crippen molar-refractivity contribution in [1.29, 1.82) is 0 Å². The maximum Gasteiger partial charge on any atom is 0.409 e. The number of nitrogens with two attached hydrogens (primary N) is 2. The van der Waals surface area contributed by atoms with Crippen LogP contribution in [-0.4, -0.2) is 300 Å². The number of rotatable bonds is 36. The number of primary amides is 1. The number of halogens is 1. The van der Waals surface area contributed by atoms with Gasteiger partial charge >= 0.3 is 12.1 Å². The summed E-state index contributed by atoms with van der Waals surface area (Å²) in [6.45, 7) is 10.6. The number of carbonyl (C=O) groups is 16. The summed E-state index contributed by atoms with van der Waals surface area (Å²) in [5.41, 5.74) is 13.4. The van der Waals surface area contributed by atoms with Crippen molar-refractivity contribution in [2.45, 2.75) is 240 Å². The Bertz CT molecular complexity index is 5720. The first-order valence-corrected chi connectivity index (χ1v) is 52.4. The van der Waals surface area contributed by atoms with Gasteiger partial charge < -0.3 is 113 Å². The van der Waals surface area contributed by atoms with Gasteiger partial charge in [0.25, 0.3) is 0 Å². The lowest BCUT2D eigenvalue weighted by Crippen LogP contribution is -2.63. The van der Waals surface area contributed by atoms with Gasteiger partial charge in [-0.1, -0.05) is 163 Å². The Morgan fingerprint density at radius 1 is 0.767 bits per heavy atom. The number of benzene rings is 5. The van der Waals surface area contributed by atoms with Crippen LogP contribution in [0.4, 0.5) is 10.5 Å². The van der Waals surface area contributed by atoms with Crippen LogP contribution in [-0.2, 0) is 121 Å². The quantitative estimate of drug-likeness (QED) is 0.00886. The van der Waals surface area contributed by atoms with Gasteiger partial charge in [0.05, 0.1) is 49.9 Å². The molecule has 146 heavy (non-hydrogen) atoms. The molecule has 5 aromatic rings. The topological polar surface area (TPSA) is 575 Å². The van der Waals surface area contributed by atoms with Crippen molar-refractivity contribution in [3.05, 3.63) is 166 Å². The molecule has 1 aliphatic carbocycles. The number of amides is 15. The number of alkyl carbamates (subject to hydrolysis) is 1. The van der Waals surface area contributed by atoms with Crippen LogP contribution in [0.3, 0.4) is 0 Å². The number of aliphatic hydroxyl groups is 2. The number of nitrogens with zero attached hydrogens (tertiary/aromatic N) is 3. The number of unbranched alkanes of at least 4 members (excludes halogenated alkanes) is 1. The fourth-order valence-electron chi connectivity index (χ4n) is 17.8. The first-order valence-electron chi connectivity index (χ1n) is 48.5. The number of anilines is 1. The van der Waals surface area contributed by atoms with Crippen molar-refractivity contribution in [3.8, 4) is 11.5 Å². The lowest BCUT2D eigenvalue weighted by Gasteiger charge is -2.42. The molecule has 17 N–H and O–H groups in total. The van der Waals surface area contributed by atoms with Crippen LogP contribution in [0.5, 0.6) is 11.5 Å². The molecule has 5 heterocycles. The van der Waals surface area contributed by atoms with Gasteiger partial charge in [0.15, 0.2) is 5.72 Å². The summed E-state index contributed by atoms with van der Waals surface area (Å²) in [5, 5.41) is 60.9. The number of esters is 1. The predicted molar refractivity (Wildman–Crippen MR) is 547 cm³/mol. The van der Waals surface area contributed by atoms with E-state index in [-0.39, 0.29) is 124 Å². The number of epoxide rings is 1. The van der Waals surface area contributed by atoms with Crippen molar-refractivity contribution in [2.24, 2.45) is 23.3 Å². The maximum absolute atomic E-state index is 15.5. The lowest BCUT2D eigenvalue weighted by molar-refractivity contribution is -0.162. The van der Waals surface area contributed by atoms with E-state index >= 15 is 19.2 Å². The highest BCUT2D eigenvalue weighted by Gasteiger charge is 2.65. The van der Waals surface area contributed by atoms with Crippen molar-refractivity contribution in [1.82, 2.24) is 63.0 Å². The summed E-state index contributed by atoms with van der Waals surface area (Å²) < 4.78 is 35.4. The number of hydrogen-bond acceptors (Lipinski definition) is 29. The molecule has 790 valence electrons. The number of likely N-dealkylation sites (N-methyl/N-ethyl adjacent to an activating group) is 1. The molecule has 40 nitrogen and oxygen atoms in total. The molecule has 44 heteroatoms. The summed E-state index contributed by atoms with van der Waals surface area (Å²) in [4.78, 5) is 232. The van der Waals surface area contributed by atoms with E-state index in [0.29, 0.717) is 48.1 Å². The maximum atomic E-state index is 15.5. The van der Waals surface area contributed by atoms with Crippen LogP contribution >= 0.6 is 45.0 Å². The lowest BCUT2D eigenvalue weighted by atomic mass is 9.83. The number of likely N-dealkylation sites (tertiary alicyclic amines) is 1. The number of aromatic hydroxyl groups is 1. The number of hydrogen-bond donors (Lipinski definition) is 15. The number of carbonyl (C=O) groups excluding carboxylic acids is 16. The Balaban J connectivity index is 0.720. The number of ether oxygens (including phenoxy) is 6. The summed E-state index contributed by atoms with van der Waals surface area (Å²) >= 11 is 7.93. The van der Waals surface area contributed by atoms with Crippen LogP contribution in [0, 0.1) is 11.8 Å². The Morgan fingerprint density at radius 2 is 1.45 bits per heavy atom. The number of aliphatic hydroxyl groups excluding tert-OH is 1. The van der Waals surface area contributed by atoms with E-state index in [4.69, 9.17) is 51.5 Å². The summed E-state index contributed by atoms with van der Waals surface area (Å²) in [7, 11) is 7.55. The molecule has 4 saturated heterocycles. The minimum atomic E-state index is -1.95. The first kappa shape index (κ1) is 114. The Labute approximate surface area is 863 Å². The second-order valence-electron chi connectivity index (χ2n) is 37.8. The highest BCUT2D eigenvalue weighted by Crippen LogP contribution is 2.50. The Morgan fingerprint density at radius 3 is 2.16 bits per heavy atom. The molecule has 6 aliphatic rings. The van der Waals surface area contributed by atoms with E-state index in [1.807, 2.05) is 79.7 Å². The molecule has 0 saturated carbocycles. The van der Waals surface area contributed by atoms with E-state index in [1.54, 1.807) is 58.0 Å². The third-order valence-corrected chi connectivity index (χ3v) is 30.6. The number of imide groups is 1. The summed E-state index contributed by atoms with van der Waals surface area (Å²) in [6, 6.07) is 16.2. The molecule has 18 atom stereocenters. The zero-order valence-electron chi connectivity index (χ0n) is 83.4. The van der Waals surface area contributed by atoms with Gasteiger partial charge in [0.2, 0.25) is 82.7 Å². The second kappa shape index (κ2) is 52.9. The fourth-order valence-corrected chi connectivity index (χ4v) is 21.6. The standard InChI is InChI=1S/C102H132ClN15O25S3/c1-55(2)87-97(133)112-74(96(132)114-88(59(6)119)90(105)126)54-146-145-53-73(95(131)109-71(45-60-27-32-67(120)33-28-60)93(129)110-72(49-66-31-30-64-21-14-15-23-68(64)66)94(130)108-69(91(127)113-87)24-16-17-37-104)111-92(128)70(46-61-26-29-63-20-12-13-22-65(63)44-61)107-82(122)35-40-140-41-38-106-81(121)34-39-118-85(125)50-78(98(118)134)144-42-36-83(123)116(8)58(5)99(135)142-80-51-84(124)117(9)75-47-62(48-76(138-10)86(75)103)43-56(3)19-18-25-79(139-11)102(137)52-77(141-100(136)115-102)57(4)89-101(80,7)143-89/h12-15,18-23,25-29,31-33,44,47-48,55,57-59,69-74,77-80,87-89,119-120,137H,16-17,24,30,34-43,45-46,49-54,104H2,1-11H3,(H2,105,126)(H,106,121)(H,107,122)(H,108,130)(H,109,131)(H,110,129)(H,111,128)(H,112,133)(H,113,127)(H,114,132)(H,115,136)/b25-18+,56-19+/t57-,58+,59-,69+,70-,71+,72-,73+,74-,77+,78?,79-,80+,87+,88+,89+,101+,102+/m1/s1. The molecule has 11 rings (SSSR count). The van der Waals surface area contributed by atoms with E-state index in [2.05, 4.69) is 53.2 Å². The third-order valence-electron chi connectivity index (χ3n) is 26.6.